The Labute approximate surface area is 126 Å². The molecule has 2 aliphatic heterocycles. The van der Waals surface area contributed by atoms with Crippen LogP contribution in [0.1, 0.15) is 30.9 Å². The van der Waals surface area contributed by atoms with Crippen LogP contribution in [0.25, 0.3) is 0 Å². The first-order chi connectivity index (χ1) is 10.5. The zero-order valence-corrected chi connectivity index (χ0v) is 11.8. The van der Waals surface area contributed by atoms with Crippen molar-refractivity contribution >= 4 is 11.9 Å². The van der Waals surface area contributed by atoms with Gasteiger partial charge < -0.3 is 10.0 Å². The van der Waals surface area contributed by atoms with E-state index in [0.29, 0.717) is 13.0 Å². The van der Waals surface area contributed by atoms with Gasteiger partial charge in [-0.2, -0.15) is 0 Å². The highest BCUT2D eigenvalue weighted by atomic mass is 19.2. The number of aliphatic hydroxyl groups is 1. The zero-order chi connectivity index (χ0) is 15.9. The topological polar surface area (TPSA) is 60.9 Å². The van der Waals surface area contributed by atoms with E-state index in [1.807, 2.05) is 0 Å². The first-order valence-corrected chi connectivity index (χ1v) is 7.24. The number of aliphatic hydroxyl groups excluding tert-OH is 1. The number of benzene rings is 1. The van der Waals surface area contributed by atoms with Crippen molar-refractivity contribution in [2.75, 3.05) is 13.1 Å². The first kappa shape index (κ1) is 14.9. The molecule has 0 radical (unpaired) electrons. The number of hydrogen-bond acceptors (Lipinski definition) is 3. The minimum atomic E-state index is -1.25. The fraction of sp³-hybridized carbons (Fsp3) is 0.467. The lowest BCUT2D eigenvalue weighted by Gasteiger charge is -2.26. The van der Waals surface area contributed by atoms with Gasteiger partial charge in [-0.1, -0.05) is 6.07 Å². The van der Waals surface area contributed by atoms with Crippen LogP contribution in [0.3, 0.4) is 0 Å². The number of imide groups is 1. The molecule has 2 fully saturated rings. The number of fused-ring (bicyclic) bond motifs is 1. The minimum absolute atomic E-state index is 0.129. The number of β-amino-alcohol motifs (C(OH)–C–C–N with tert-alkyl or cyclic N) is 1. The molecule has 2 aliphatic rings. The highest BCUT2D eigenvalue weighted by Gasteiger charge is 2.46. The lowest BCUT2D eigenvalue weighted by molar-refractivity contribution is -0.129. The second-order valence-corrected chi connectivity index (χ2v) is 5.63. The van der Waals surface area contributed by atoms with E-state index in [2.05, 4.69) is 0 Å². The number of urea groups is 1. The fourth-order valence-corrected chi connectivity index (χ4v) is 3.01. The Morgan fingerprint density at radius 1 is 1.23 bits per heavy atom. The molecule has 3 rings (SSSR count). The van der Waals surface area contributed by atoms with Gasteiger partial charge in [0.15, 0.2) is 11.6 Å². The predicted octanol–water partition coefficient (Wildman–Crippen LogP) is 1.81. The van der Waals surface area contributed by atoms with E-state index in [-0.39, 0.29) is 18.0 Å². The summed E-state index contributed by atoms with van der Waals surface area (Å²) in [6, 6.07) is 2.15. The molecule has 1 aromatic carbocycles. The summed E-state index contributed by atoms with van der Waals surface area (Å²) in [6.45, 7) is 0.281. The Hall–Kier alpha value is -2.02. The molecule has 7 heteroatoms. The van der Waals surface area contributed by atoms with Crippen LogP contribution in [0, 0.1) is 11.6 Å². The molecule has 2 saturated heterocycles. The lowest BCUT2D eigenvalue weighted by Crippen LogP contribution is -2.39. The largest absolute Gasteiger partial charge is 0.387 e. The molecule has 0 bridgehead atoms. The molecule has 2 atom stereocenters. The molecule has 118 valence electrons. The Balaban J connectivity index is 1.75. The van der Waals surface area contributed by atoms with Crippen molar-refractivity contribution in [2.45, 2.75) is 31.4 Å². The van der Waals surface area contributed by atoms with Gasteiger partial charge >= 0.3 is 6.03 Å². The van der Waals surface area contributed by atoms with Gasteiger partial charge in [0, 0.05) is 6.54 Å². The number of carbonyl (C=O) groups is 2. The van der Waals surface area contributed by atoms with Crippen LogP contribution in [-0.2, 0) is 4.79 Å². The summed E-state index contributed by atoms with van der Waals surface area (Å²) >= 11 is 0. The SMILES string of the molecule is O=C1C2CCCCN2C(=O)N1CC(O)c1ccc(F)c(F)c1. The molecule has 2 unspecified atom stereocenters. The van der Waals surface area contributed by atoms with Gasteiger partial charge in [0.1, 0.15) is 6.04 Å². The maximum atomic E-state index is 13.2. The summed E-state index contributed by atoms with van der Waals surface area (Å²) in [7, 11) is 0. The molecule has 0 spiro atoms. The minimum Gasteiger partial charge on any atom is -0.387 e. The third kappa shape index (κ3) is 2.45. The molecule has 1 aromatic rings. The van der Waals surface area contributed by atoms with Crippen LogP contribution < -0.4 is 0 Å². The van der Waals surface area contributed by atoms with Crippen LogP contribution in [-0.4, -0.2) is 46.0 Å². The number of halogens is 2. The number of nitrogens with zero attached hydrogens (tertiary/aromatic N) is 2. The van der Waals surface area contributed by atoms with Crippen molar-refractivity contribution in [3.05, 3.63) is 35.4 Å². The highest BCUT2D eigenvalue weighted by Crippen LogP contribution is 2.28. The summed E-state index contributed by atoms with van der Waals surface area (Å²) in [4.78, 5) is 27.0. The van der Waals surface area contributed by atoms with Crippen molar-refractivity contribution in [3.8, 4) is 0 Å². The third-order valence-electron chi connectivity index (χ3n) is 4.21. The van der Waals surface area contributed by atoms with Crippen LogP contribution in [0.4, 0.5) is 13.6 Å². The number of rotatable bonds is 3. The maximum absolute atomic E-state index is 13.2. The molecule has 0 saturated carbocycles. The van der Waals surface area contributed by atoms with E-state index >= 15 is 0 Å². The second kappa shape index (κ2) is 5.64. The zero-order valence-electron chi connectivity index (χ0n) is 11.8. The van der Waals surface area contributed by atoms with Gasteiger partial charge in [-0.25, -0.2) is 13.6 Å². The van der Waals surface area contributed by atoms with E-state index in [1.165, 1.54) is 11.0 Å². The van der Waals surface area contributed by atoms with Gasteiger partial charge in [0.2, 0.25) is 0 Å². The smallest absolute Gasteiger partial charge is 0.327 e. The Kier molecular flexibility index (Phi) is 3.82. The molecule has 3 amide bonds. The Bertz CT molecular complexity index is 599. The van der Waals surface area contributed by atoms with Gasteiger partial charge in [-0.3, -0.25) is 9.69 Å². The molecule has 1 N–H and O–H groups in total. The van der Waals surface area contributed by atoms with E-state index in [9.17, 15) is 23.5 Å². The number of carbonyl (C=O) groups excluding carboxylic acids is 2. The van der Waals surface area contributed by atoms with Crippen molar-refractivity contribution < 1.29 is 23.5 Å². The number of piperidine rings is 1. The molecule has 2 heterocycles. The van der Waals surface area contributed by atoms with E-state index in [4.69, 9.17) is 0 Å². The van der Waals surface area contributed by atoms with Crippen LogP contribution in [0.5, 0.6) is 0 Å². The molecular weight excluding hydrogens is 294 g/mol. The van der Waals surface area contributed by atoms with Crippen LogP contribution in [0.2, 0.25) is 0 Å². The van der Waals surface area contributed by atoms with Crippen LogP contribution >= 0.6 is 0 Å². The van der Waals surface area contributed by atoms with Gasteiger partial charge in [0.05, 0.1) is 12.6 Å². The summed E-state index contributed by atoms with van der Waals surface area (Å²) in [5.41, 5.74) is 0.129. The van der Waals surface area contributed by atoms with Crippen molar-refractivity contribution in [1.29, 1.82) is 0 Å². The highest BCUT2D eigenvalue weighted by molar-refractivity contribution is 6.04. The average molecular weight is 310 g/mol. The van der Waals surface area contributed by atoms with E-state index in [1.54, 1.807) is 0 Å². The Morgan fingerprint density at radius 2 is 2.00 bits per heavy atom. The Morgan fingerprint density at radius 3 is 2.68 bits per heavy atom. The standard InChI is InChI=1S/C15H16F2N2O3/c16-10-5-4-9(7-11(10)17)13(20)8-19-14(21)12-3-1-2-6-18(12)15(19)22/h4-5,7,12-13,20H,1-3,6,8H2. The van der Waals surface area contributed by atoms with Crippen molar-refractivity contribution in [3.63, 3.8) is 0 Å². The summed E-state index contributed by atoms with van der Waals surface area (Å²) < 4.78 is 26.1. The van der Waals surface area contributed by atoms with E-state index < -0.39 is 29.8 Å². The molecule has 22 heavy (non-hydrogen) atoms. The molecule has 5 nitrogen and oxygen atoms in total. The molecule has 0 aromatic heterocycles. The average Bonchev–Trinajstić information content (AvgIpc) is 2.75. The first-order valence-electron chi connectivity index (χ1n) is 7.24. The van der Waals surface area contributed by atoms with Gasteiger partial charge in [-0.05, 0) is 37.0 Å². The fourth-order valence-electron chi connectivity index (χ4n) is 3.01. The number of hydrogen-bond donors (Lipinski definition) is 1. The normalized spacial score (nSPS) is 23.0. The maximum Gasteiger partial charge on any atom is 0.327 e. The summed E-state index contributed by atoms with van der Waals surface area (Å²) in [5, 5.41) is 10.1. The molecular formula is C15H16F2N2O3. The van der Waals surface area contributed by atoms with Crippen LogP contribution in [0.15, 0.2) is 18.2 Å². The second-order valence-electron chi connectivity index (χ2n) is 5.63. The van der Waals surface area contributed by atoms with Gasteiger partial charge in [0.25, 0.3) is 5.91 Å². The van der Waals surface area contributed by atoms with Gasteiger partial charge in [-0.15, -0.1) is 0 Å². The third-order valence-corrected chi connectivity index (χ3v) is 4.21. The lowest BCUT2D eigenvalue weighted by atomic mass is 10.0. The number of amides is 3. The molecule has 0 aliphatic carbocycles. The summed E-state index contributed by atoms with van der Waals surface area (Å²) in [5.74, 6) is -2.42. The predicted molar refractivity (Wildman–Crippen MR) is 72.8 cm³/mol. The summed E-state index contributed by atoms with van der Waals surface area (Å²) in [6.07, 6.45) is 1.13. The van der Waals surface area contributed by atoms with E-state index in [0.717, 1.165) is 29.9 Å². The van der Waals surface area contributed by atoms with Crippen molar-refractivity contribution in [2.24, 2.45) is 0 Å². The monoisotopic (exact) mass is 310 g/mol. The van der Waals surface area contributed by atoms with Crippen molar-refractivity contribution in [1.82, 2.24) is 9.80 Å². The quantitative estimate of drug-likeness (QED) is 0.866.